The molecule has 4 heteroatoms. The van der Waals surface area contributed by atoms with E-state index in [-0.39, 0.29) is 5.91 Å². The van der Waals surface area contributed by atoms with Gasteiger partial charge in [-0.15, -0.1) is 0 Å². The molecule has 0 radical (unpaired) electrons. The largest absolute Gasteiger partial charge is 0.469 e. The van der Waals surface area contributed by atoms with Gasteiger partial charge in [0.2, 0.25) is 0 Å². The number of amides is 1. The molecule has 2 aromatic heterocycles. The first-order chi connectivity index (χ1) is 7.77. The van der Waals surface area contributed by atoms with E-state index in [0.717, 1.165) is 5.76 Å². The van der Waals surface area contributed by atoms with Gasteiger partial charge in [0.15, 0.2) is 5.76 Å². The average Bonchev–Trinajstić information content (AvgIpc) is 2.96. The molecule has 2 rings (SSSR count). The molecule has 0 N–H and O–H groups in total. The first kappa shape index (κ1) is 10.5. The Morgan fingerprint density at radius 2 is 2.00 bits per heavy atom. The quantitative estimate of drug-likeness (QED) is 0.791. The van der Waals surface area contributed by atoms with E-state index in [9.17, 15) is 4.79 Å². The Balaban J connectivity index is 1.89. The van der Waals surface area contributed by atoms with Crippen molar-refractivity contribution in [1.29, 1.82) is 0 Å². The van der Waals surface area contributed by atoms with E-state index in [1.807, 2.05) is 12.1 Å². The average molecular weight is 219 g/mol. The lowest BCUT2D eigenvalue weighted by Crippen LogP contribution is -2.28. The molecular weight excluding hydrogens is 206 g/mol. The molecular formula is C12H13NO3. The fraction of sp³-hybridized carbons (Fsp3) is 0.250. The second-order valence-corrected chi connectivity index (χ2v) is 3.53. The molecule has 0 atom stereocenters. The van der Waals surface area contributed by atoms with Crippen LogP contribution in [0.4, 0.5) is 0 Å². The number of furan rings is 2. The predicted molar refractivity (Wildman–Crippen MR) is 58.1 cm³/mol. The number of hydrogen-bond acceptors (Lipinski definition) is 3. The van der Waals surface area contributed by atoms with Gasteiger partial charge in [0.1, 0.15) is 5.76 Å². The zero-order valence-corrected chi connectivity index (χ0v) is 9.05. The van der Waals surface area contributed by atoms with Crippen molar-refractivity contribution in [2.45, 2.75) is 6.42 Å². The normalized spacial score (nSPS) is 10.3. The predicted octanol–water partition coefficient (Wildman–Crippen LogP) is 2.19. The van der Waals surface area contributed by atoms with Gasteiger partial charge >= 0.3 is 0 Å². The van der Waals surface area contributed by atoms with Crippen LogP contribution in [-0.2, 0) is 6.42 Å². The molecule has 0 aromatic carbocycles. The number of carbonyl (C=O) groups excluding carboxylic acids is 1. The summed E-state index contributed by atoms with van der Waals surface area (Å²) in [6, 6.07) is 7.09. The van der Waals surface area contributed by atoms with Crippen molar-refractivity contribution in [2.24, 2.45) is 0 Å². The monoisotopic (exact) mass is 219 g/mol. The van der Waals surface area contributed by atoms with E-state index in [0.29, 0.717) is 18.7 Å². The van der Waals surface area contributed by atoms with E-state index in [1.54, 1.807) is 30.3 Å². The van der Waals surface area contributed by atoms with Crippen LogP contribution in [0.1, 0.15) is 16.3 Å². The Morgan fingerprint density at radius 3 is 2.62 bits per heavy atom. The van der Waals surface area contributed by atoms with Crippen molar-refractivity contribution in [2.75, 3.05) is 13.6 Å². The summed E-state index contributed by atoms with van der Waals surface area (Å²) in [5, 5.41) is 0. The molecule has 0 unspecified atom stereocenters. The topological polar surface area (TPSA) is 46.6 Å². The molecule has 2 heterocycles. The third-order valence-corrected chi connectivity index (χ3v) is 2.35. The summed E-state index contributed by atoms with van der Waals surface area (Å²) in [4.78, 5) is 13.4. The van der Waals surface area contributed by atoms with Gasteiger partial charge in [-0.3, -0.25) is 4.79 Å². The van der Waals surface area contributed by atoms with Crippen LogP contribution in [-0.4, -0.2) is 24.4 Å². The van der Waals surface area contributed by atoms with E-state index in [1.165, 1.54) is 6.26 Å². The zero-order valence-electron chi connectivity index (χ0n) is 9.05. The second kappa shape index (κ2) is 4.70. The maximum absolute atomic E-state index is 11.8. The first-order valence-electron chi connectivity index (χ1n) is 5.09. The summed E-state index contributed by atoms with van der Waals surface area (Å²) in [5.41, 5.74) is 0. The van der Waals surface area contributed by atoms with Crippen LogP contribution >= 0.6 is 0 Å². The summed E-state index contributed by atoms with van der Waals surface area (Å²) in [5.74, 6) is 1.12. The molecule has 0 saturated heterocycles. The molecule has 16 heavy (non-hydrogen) atoms. The molecule has 0 bridgehead atoms. The molecule has 0 aliphatic rings. The fourth-order valence-electron chi connectivity index (χ4n) is 1.42. The summed E-state index contributed by atoms with van der Waals surface area (Å²) < 4.78 is 10.2. The maximum Gasteiger partial charge on any atom is 0.289 e. The van der Waals surface area contributed by atoms with Crippen LogP contribution in [0.2, 0.25) is 0 Å². The van der Waals surface area contributed by atoms with E-state index in [4.69, 9.17) is 8.83 Å². The Bertz CT molecular complexity index is 431. The van der Waals surface area contributed by atoms with Gasteiger partial charge in [0.25, 0.3) is 5.91 Å². The molecule has 0 aliphatic heterocycles. The number of nitrogens with zero attached hydrogens (tertiary/aromatic N) is 1. The van der Waals surface area contributed by atoms with Gasteiger partial charge in [-0.1, -0.05) is 0 Å². The fourth-order valence-corrected chi connectivity index (χ4v) is 1.42. The minimum absolute atomic E-state index is 0.114. The van der Waals surface area contributed by atoms with E-state index >= 15 is 0 Å². The third-order valence-electron chi connectivity index (χ3n) is 2.35. The first-order valence-corrected chi connectivity index (χ1v) is 5.09. The number of rotatable bonds is 4. The van der Waals surface area contributed by atoms with Gasteiger partial charge < -0.3 is 13.7 Å². The van der Waals surface area contributed by atoms with Crippen LogP contribution in [0.25, 0.3) is 0 Å². The molecule has 0 aliphatic carbocycles. The van der Waals surface area contributed by atoms with Crippen molar-refractivity contribution in [3.8, 4) is 0 Å². The standard InChI is InChI=1S/C12H13NO3/c1-13(7-6-10-4-2-8-15-10)12(14)11-5-3-9-16-11/h2-5,8-9H,6-7H2,1H3. The molecule has 84 valence electrons. The number of carbonyl (C=O) groups is 1. The number of likely N-dealkylation sites (N-methyl/N-ethyl adjacent to an activating group) is 1. The van der Waals surface area contributed by atoms with Gasteiger partial charge in [0, 0.05) is 20.0 Å². The lowest BCUT2D eigenvalue weighted by Gasteiger charge is -2.14. The summed E-state index contributed by atoms with van der Waals surface area (Å²) >= 11 is 0. The van der Waals surface area contributed by atoms with Crippen LogP contribution in [0, 0.1) is 0 Å². The maximum atomic E-state index is 11.8. The minimum Gasteiger partial charge on any atom is -0.469 e. The van der Waals surface area contributed by atoms with Crippen LogP contribution in [0.15, 0.2) is 45.6 Å². The third kappa shape index (κ3) is 2.34. The van der Waals surface area contributed by atoms with Crippen molar-refractivity contribution in [1.82, 2.24) is 4.90 Å². The van der Waals surface area contributed by atoms with E-state index < -0.39 is 0 Å². The smallest absolute Gasteiger partial charge is 0.289 e. The Hall–Kier alpha value is -1.97. The van der Waals surface area contributed by atoms with Crippen LogP contribution < -0.4 is 0 Å². The lowest BCUT2D eigenvalue weighted by atomic mass is 10.3. The van der Waals surface area contributed by atoms with Crippen molar-refractivity contribution < 1.29 is 13.6 Å². The highest BCUT2D eigenvalue weighted by molar-refractivity contribution is 5.91. The highest BCUT2D eigenvalue weighted by Crippen LogP contribution is 2.06. The highest BCUT2D eigenvalue weighted by atomic mass is 16.3. The van der Waals surface area contributed by atoms with Gasteiger partial charge in [-0.2, -0.15) is 0 Å². The van der Waals surface area contributed by atoms with Crippen LogP contribution in [0.3, 0.4) is 0 Å². The molecule has 4 nitrogen and oxygen atoms in total. The molecule has 0 fully saturated rings. The van der Waals surface area contributed by atoms with Crippen LogP contribution in [0.5, 0.6) is 0 Å². The van der Waals surface area contributed by atoms with Gasteiger partial charge in [0.05, 0.1) is 12.5 Å². The minimum atomic E-state index is -0.114. The highest BCUT2D eigenvalue weighted by Gasteiger charge is 2.14. The summed E-state index contributed by atoms with van der Waals surface area (Å²) in [6.45, 7) is 0.604. The van der Waals surface area contributed by atoms with E-state index in [2.05, 4.69) is 0 Å². The van der Waals surface area contributed by atoms with Crippen molar-refractivity contribution >= 4 is 5.91 Å². The molecule has 2 aromatic rings. The SMILES string of the molecule is CN(CCc1ccco1)C(=O)c1ccco1. The Kier molecular flexibility index (Phi) is 3.10. The molecule has 0 spiro atoms. The summed E-state index contributed by atoms with van der Waals surface area (Å²) in [6.07, 6.45) is 3.83. The Morgan fingerprint density at radius 1 is 1.25 bits per heavy atom. The zero-order chi connectivity index (χ0) is 11.4. The van der Waals surface area contributed by atoms with Gasteiger partial charge in [-0.25, -0.2) is 0 Å². The number of hydrogen-bond donors (Lipinski definition) is 0. The lowest BCUT2D eigenvalue weighted by molar-refractivity contribution is 0.0763. The van der Waals surface area contributed by atoms with Gasteiger partial charge in [-0.05, 0) is 24.3 Å². The molecule has 1 amide bonds. The summed E-state index contributed by atoms with van der Waals surface area (Å²) in [7, 11) is 1.74. The van der Waals surface area contributed by atoms with Crippen molar-refractivity contribution in [3.63, 3.8) is 0 Å². The second-order valence-electron chi connectivity index (χ2n) is 3.53. The Labute approximate surface area is 93.5 Å². The van der Waals surface area contributed by atoms with Crippen molar-refractivity contribution in [3.05, 3.63) is 48.3 Å². The molecule has 0 saturated carbocycles.